The zero-order valence-electron chi connectivity index (χ0n) is 22.7. The third kappa shape index (κ3) is 5.16. The van der Waals surface area contributed by atoms with E-state index in [9.17, 15) is 37.6 Å². The Labute approximate surface area is 229 Å². The Hall–Kier alpha value is -3.91. The van der Waals surface area contributed by atoms with Gasteiger partial charge in [0.25, 0.3) is 0 Å². The predicted octanol–water partition coefficient (Wildman–Crippen LogP) is 2.28. The molecule has 1 saturated heterocycles. The minimum Gasteiger partial charge on any atom is -0.339 e. The Bertz CT molecular complexity index is 1320. The van der Waals surface area contributed by atoms with Gasteiger partial charge < -0.3 is 20.9 Å². The van der Waals surface area contributed by atoms with Gasteiger partial charge in [-0.05, 0) is 35.2 Å². The van der Waals surface area contributed by atoms with Crippen LogP contribution in [0.25, 0.3) is 0 Å². The van der Waals surface area contributed by atoms with Gasteiger partial charge in [0.1, 0.15) is 35.6 Å². The molecule has 1 aliphatic carbocycles. The summed E-state index contributed by atoms with van der Waals surface area (Å²) < 4.78 is 39.1. The summed E-state index contributed by atoms with van der Waals surface area (Å²) in [4.78, 5) is 56.0. The molecule has 3 unspecified atom stereocenters. The lowest BCUT2D eigenvalue weighted by molar-refractivity contribution is -0.176. The number of carbonyl (C=O) groups is 3. The van der Waals surface area contributed by atoms with Gasteiger partial charge in [0.2, 0.25) is 11.8 Å². The minimum atomic E-state index is -5.19. The van der Waals surface area contributed by atoms with Crippen molar-refractivity contribution in [3.63, 3.8) is 0 Å². The number of rotatable bonds is 6. The highest BCUT2D eigenvalue weighted by Gasteiger charge is 2.70. The van der Waals surface area contributed by atoms with Crippen molar-refractivity contribution in [3.8, 4) is 6.07 Å². The Morgan fingerprint density at radius 2 is 1.93 bits per heavy atom. The molecule has 13 heteroatoms. The standard InChI is InChI=1S/C27H31F3N6O4/c1-25(2,3)20(35-24(40)27(28,29)30)23(39)36-11-16-18(26(16,4)5)19(36)22(38)33-13(10-31)9-15-14-7-6-8-32-21(14)34-17(15)12-37/h6-8,13,15-16,18-20H,9,11H2,1-5H3,(H,32,34)(H,33,38)(H,35,40)/t13?,15?,16-,18-,19-,20?/m0/s1. The number of pyridine rings is 1. The van der Waals surface area contributed by atoms with E-state index in [2.05, 4.69) is 15.6 Å². The van der Waals surface area contributed by atoms with Crippen LogP contribution in [0.15, 0.2) is 24.0 Å². The summed E-state index contributed by atoms with van der Waals surface area (Å²) in [7, 11) is 0. The number of hydrogen-bond donors (Lipinski definition) is 3. The van der Waals surface area contributed by atoms with Crippen molar-refractivity contribution in [3.05, 3.63) is 29.6 Å². The molecule has 2 fully saturated rings. The number of nitrogens with zero attached hydrogens (tertiary/aromatic N) is 3. The van der Waals surface area contributed by atoms with E-state index < -0.39 is 53.4 Å². The molecule has 0 spiro atoms. The second-order valence-electron chi connectivity index (χ2n) is 12.2. The zero-order chi connectivity index (χ0) is 29.8. The molecule has 1 aromatic heterocycles. The smallest absolute Gasteiger partial charge is 0.339 e. The van der Waals surface area contributed by atoms with Gasteiger partial charge >= 0.3 is 12.1 Å². The molecule has 0 bridgehead atoms. The molecule has 4 rings (SSSR count). The number of carbonyl (C=O) groups excluding carboxylic acids is 4. The van der Waals surface area contributed by atoms with Crippen molar-refractivity contribution in [2.75, 3.05) is 11.9 Å². The van der Waals surface area contributed by atoms with E-state index in [-0.39, 0.29) is 35.9 Å². The topological polar surface area (TPSA) is 144 Å². The molecular weight excluding hydrogens is 529 g/mol. The maximum atomic E-state index is 13.6. The second-order valence-corrected chi connectivity index (χ2v) is 12.2. The number of nitriles is 1. The van der Waals surface area contributed by atoms with E-state index in [4.69, 9.17) is 0 Å². The van der Waals surface area contributed by atoms with Crippen LogP contribution in [-0.2, 0) is 19.2 Å². The van der Waals surface area contributed by atoms with Crippen LogP contribution >= 0.6 is 0 Å². The van der Waals surface area contributed by atoms with Gasteiger partial charge in [-0.15, -0.1) is 0 Å². The number of anilines is 1. The number of fused-ring (bicyclic) bond motifs is 2. The predicted molar refractivity (Wildman–Crippen MR) is 136 cm³/mol. The molecule has 0 radical (unpaired) electrons. The zero-order valence-corrected chi connectivity index (χ0v) is 22.7. The normalized spacial score (nSPS) is 25.9. The van der Waals surface area contributed by atoms with Crippen molar-refractivity contribution >= 4 is 29.5 Å². The molecule has 3 heterocycles. The van der Waals surface area contributed by atoms with Crippen molar-refractivity contribution in [1.29, 1.82) is 5.26 Å². The molecule has 1 saturated carbocycles. The number of likely N-dealkylation sites (tertiary alicyclic amines) is 1. The largest absolute Gasteiger partial charge is 0.471 e. The van der Waals surface area contributed by atoms with E-state index in [1.165, 1.54) is 25.7 Å². The number of aromatic nitrogens is 1. The highest BCUT2D eigenvalue weighted by molar-refractivity contribution is 5.95. The molecule has 10 nitrogen and oxygen atoms in total. The molecule has 3 N–H and O–H groups in total. The molecule has 1 aromatic rings. The Kier molecular flexibility index (Phi) is 7.22. The average molecular weight is 561 g/mol. The van der Waals surface area contributed by atoms with Crippen LogP contribution in [0.5, 0.6) is 0 Å². The van der Waals surface area contributed by atoms with Crippen LogP contribution in [0.3, 0.4) is 0 Å². The summed E-state index contributed by atoms with van der Waals surface area (Å²) in [5.74, 6) is -2.31. The first-order valence-corrected chi connectivity index (χ1v) is 12.9. The molecule has 214 valence electrons. The number of allylic oxidation sites excluding steroid dienone is 1. The highest BCUT2D eigenvalue weighted by atomic mass is 19.4. The van der Waals surface area contributed by atoms with E-state index in [0.717, 1.165) is 0 Å². The van der Waals surface area contributed by atoms with Crippen LogP contribution < -0.4 is 16.0 Å². The fraction of sp³-hybridized carbons (Fsp3) is 0.593. The first-order valence-electron chi connectivity index (χ1n) is 12.9. The molecule has 0 aromatic carbocycles. The first-order chi connectivity index (χ1) is 18.5. The highest BCUT2D eigenvalue weighted by Crippen LogP contribution is 2.65. The molecule has 2 aliphatic heterocycles. The Morgan fingerprint density at radius 3 is 2.50 bits per heavy atom. The fourth-order valence-electron chi connectivity index (χ4n) is 5.99. The van der Waals surface area contributed by atoms with Gasteiger partial charge in [-0.3, -0.25) is 14.4 Å². The lowest BCUT2D eigenvalue weighted by Gasteiger charge is -2.37. The van der Waals surface area contributed by atoms with Crippen LogP contribution in [0.2, 0.25) is 0 Å². The SMILES string of the molecule is CC(C)(C)C(NC(=O)C(F)(F)F)C(=O)N1C[C@H]2[C@@H]([C@H]1C(=O)NC(C#N)CC1C(=C=O)Nc3ncccc31)C2(C)C. The van der Waals surface area contributed by atoms with E-state index in [1.807, 2.05) is 31.2 Å². The number of amides is 3. The first kappa shape index (κ1) is 29.1. The van der Waals surface area contributed by atoms with E-state index in [0.29, 0.717) is 11.4 Å². The summed E-state index contributed by atoms with van der Waals surface area (Å²) in [5, 5.41) is 17.2. The summed E-state index contributed by atoms with van der Waals surface area (Å²) >= 11 is 0. The monoisotopic (exact) mass is 560 g/mol. The van der Waals surface area contributed by atoms with Crippen LogP contribution in [0.4, 0.5) is 19.0 Å². The van der Waals surface area contributed by atoms with Crippen LogP contribution in [-0.4, -0.2) is 64.4 Å². The Morgan fingerprint density at radius 1 is 1.25 bits per heavy atom. The van der Waals surface area contributed by atoms with Gasteiger partial charge in [-0.1, -0.05) is 40.7 Å². The minimum absolute atomic E-state index is 0.0307. The summed E-state index contributed by atoms with van der Waals surface area (Å²) in [5.41, 5.74) is -0.548. The number of nitrogens with one attached hydrogen (secondary N) is 3. The summed E-state index contributed by atoms with van der Waals surface area (Å²) in [6.45, 7) is 8.57. The van der Waals surface area contributed by atoms with Gasteiger partial charge in [0.05, 0.1) is 6.07 Å². The number of hydrogen-bond acceptors (Lipinski definition) is 7. The Balaban J connectivity index is 1.56. The van der Waals surface area contributed by atoms with Gasteiger partial charge in [-0.25, -0.2) is 9.78 Å². The quantitative estimate of drug-likeness (QED) is 0.453. The summed E-state index contributed by atoms with van der Waals surface area (Å²) in [6, 6.07) is 1.81. The maximum absolute atomic E-state index is 13.6. The number of halogens is 3. The van der Waals surface area contributed by atoms with Gasteiger partial charge in [0, 0.05) is 24.2 Å². The van der Waals surface area contributed by atoms with Crippen LogP contribution in [0, 0.1) is 34.0 Å². The lowest BCUT2D eigenvalue weighted by atomic mass is 9.85. The maximum Gasteiger partial charge on any atom is 0.471 e. The fourth-order valence-corrected chi connectivity index (χ4v) is 5.99. The summed E-state index contributed by atoms with van der Waals surface area (Å²) in [6.07, 6.45) is -3.61. The molecule has 6 atom stereocenters. The molecule has 3 aliphatic rings. The molecular formula is C27H31F3N6O4. The number of alkyl halides is 3. The van der Waals surface area contributed by atoms with Gasteiger partial charge in [-0.2, -0.15) is 18.4 Å². The second kappa shape index (κ2) is 9.93. The van der Waals surface area contributed by atoms with Crippen molar-refractivity contribution in [1.82, 2.24) is 20.5 Å². The van der Waals surface area contributed by atoms with Crippen molar-refractivity contribution in [2.45, 2.75) is 71.3 Å². The number of piperidine rings is 1. The van der Waals surface area contributed by atoms with Crippen molar-refractivity contribution < 1.29 is 32.3 Å². The third-order valence-corrected chi connectivity index (χ3v) is 8.28. The molecule has 3 amide bonds. The average Bonchev–Trinajstić information content (AvgIpc) is 3.21. The van der Waals surface area contributed by atoms with Gasteiger partial charge in [0.15, 0.2) is 0 Å². The lowest BCUT2D eigenvalue weighted by Crippen LogP contribution is -2.61. The van der Waals surface area contributed by atoms with Crippen molar-refractivity contribution in [2.24, 2.45) is 22.7 Å². The third-order valence-electron chi connectivity index (χ3n) is 8.28. The molecule has 40 heavy (non-hydrogen) atoms. The van der Waals surface area contributed by atoms with E-state index >= 15 is 0 Å². The van der Waals surface area contributed by atoms with Crippen LogP contribution in [0.1, 0.15) is 52.5 Å². The van der Waals surface area contributed by atoms with E-state index in [1.54, 1.807) is 18.3 Å².